The second-order valence-electron chi connectivity index (χ2n) is 5.63. The Hall–Kier alpha value is -1.73. The van der Waals surface area contributed by atoms with Crippen LogP contribution >= 0.6 is 11.3 Å². The van der Waals surface area contributed by atoms with Crippen LogP contribution in [0.5, 0.6) is 0 Å². The van der Waals surface area contributed by atoms with E-state index in [0.29, 0.717) is 12.3 Å². The molecule has 0 saturated carbocycles. The number of nitrogens with one attached hydrogen (secondary N) is 1. The second-order valence-corrected chi connectivity index (χ2v) is 6.87. The molecule has 2 aromatic rings. The first-order valence-electron chi connectivity index (χ1n) is 6.84. The van der Waals surface area contributed by atoms with Crippen molar-refractivity contribution in [2.75, 3.05) is 11.9 Å². The van der Waals surface area contributed by atoms with Crippen molar-refractivity contribution in [3.63, 3.8) is 0 Å². The number of thiazole rings is 1. The van der Waals surface area contributed by atoms with Gasteiger partial charge in [-0.2, -0.15) is 0 Å². The molecule has 0 radical (unpaired) electrons. The molecular formula is C14H17N3O3S. The number of ether oxygens (including phenoxy) is 1. The minimum atomic E-state index is -0.347. The number of aromatic nitrogens is 1. The number of hydrogen-bond acceptors (Lipinski definition) is 6. The Morgan fingerprint density at radius 2 is 2.33 bits per heavy atom. The lowest BCUT2D eigenvalue weighted by atomic mass is 9.94. The van der Waals surface area contributed by atoms with Crippen molar-refractivity contribution in [2.45, 2.75) is 38.8 Å². The van der Waals surface area contributed by atoms with E-state index in [0.717, 1.165) is 21.6 Å². The Labute approximate surface area is 126 Å². The Morgan fingerprint density at radius 1 is 1.57 bits per heavy atom. The van der Waals surface area contributed by atoms with E-state index in [4.69, 9.17) is 4.74 Å². The number of rotatable bonds is 3. The van der Waals surface area contributed by atoms with Crippen LogP contribution < -0.4 is 5.32 Å². The lowest BCUT2D eigenvalue weighted by Crippen LogP contribution is -2.41. The molecule has 1 aliphatic heterocycles. The number of fused-ring (bicyclic) bond motifs is 1. The van der Waals surface area contributed by atoms with Crippen LogP contribution in [0.2, 0.25) is 0 Å². The van der Waals surface area contributed by atoms with Gasteiger partial charge in [0.25, 0.3) is 5.69 Å². The normalized spacial score (nSPS) is 25.4. The SMILES string of the molecule is Cc1nc2cc(NC3(C)CCOC3C)c([N+](=O)[O-])cc2s1. The van der Waals surface area contributed by atoms with Gasteiger partial charge in [0, 0.05) is 12.7 Å². The minimum Gasteiger partial charge on any atom is -0.376 e. The van der Waals surface area contributed by atoms with E-state index in [1.165, 1.54) is 11.3 Å². The fraction of sp³-hybridized carbons (Fsp3) is 0.500. The first kappa shape index (κ1) is 14.2. The van der Waals surface area contributed by atoms with Crippen molar-refractivity contribution in [1.82, 2.24) is 4.98 Å². The molecule has 1 aromatic heterocycles. The fourth-order valence-corrected chi connectivity index (χ4v) is 3.48. The van der Waals surface area contributed by atoms with Gasteiger partial charge in [0.05, 0.1) is 31.8 Å². The third kappa shape index (κ3) is 2.47. The summed E-state index contributed by atoms with van der Waals surface area (Å²) in [7, 11) is 0. The topological polar surface area (TPSA) is 77.3 Å². The largest absolute Gasteiger partial charge is 0.376 e. The maximum absolute atomic E-state index is 11.4. The van der Waals surface area contributed by atoms with Crippen molar-refractivity contribution in [3.05, 3.63) is 27.3 Å². The van der Waals surface area contributed by atoms with Gasteiger partial charge in [-0.05, 0) is 33.3 Å². The summed E-state index contributed by atoms with van der Waals surface area (Å²) in [4.78, 5) is 15.4. The van der Waals surface area contributed by atoms with Crippen LogP contribution in [0.15, 0.2) is 12.1 Å². The van der Waals surface area contributed by atoms with Gasteiger partial charge >= 0.3 is 0 Å². The molecule has 0 bridgehead atoms. The summed E-state index contributed by atoms with van der Waals surface area (Å²) in [6.07, 6.45) is 0.824. The minimum absolute atomic E-state index is 0.00460. The van der Waals surface area contributed by atoms with Gasteiger partial charge in [-0.15, -0.1) is 11.3 Å². The van der Waals surface area contributed by atoms with Crippen LogP contribution in [0, 0.1) is 17.0 Å². The summed E-state index contributed by atoms with van der Waals surface area (Å²) < 4.78 is 6.43. The number of anilines is 1. The summed E-state index contributed by atoms with van der Waals surface area (Å²) in [5.41, 5.74) is 1.09. The molecule has 0 amide bonds. The highest BCUT2D eigenvalue weighted by molar-refractivity contribution is 7.18. The fourth-order valence-electron chi connectivity index (χ4n) is 2.64. The number of benzene rings is 1. The first-order valence-corrected chi connectivity index (χ1v) is 7.66. The number of nitrogens with zero attached hydrogens (tertiary/aromatic N) is 2. The highest BCUT2D eigenvalue weighted by Crippen LogP contribution is 2.37. The molecule has 1 aromatic carbocycles. The molecule has 1 N–H and O–H groups in total. The smallest absolute Gasteiger partial charge is 0.293 e. The van der Waals surface area contributed by atoms with E-state index in [1.807, 2.05) is 20.8 Å². The molecule has 7 heteroatoms. The van der Waals surface area contributed by atoms with Crippen molar-refractivity contribution >= 4 is 32.9 Å². The Balaban J connectivity index is 2.07. The second kappa shape index (κ2) is 4.92. The van der Waals surface area contributed by atoms with E-state index in [-0.39, 0.29) is 22.3 Å². The highest BCUT2D eigenvalue weighted by atomic mass is 32.1. The van der Waals surface area contributed by atoms with Gasteiger partial charge in [-0.1, -0.05) is 0 Å². The average molecular weight is 307 g/mol. The van der Waals surface area contributed by atoms with E-state index >= 15 is 0 Å². The van der Waals surface area contributed by atoms with Gasteiger partial charge in [-0.3, -0.25) is 10.1 Å². The zero-order chi connectivity index (χ0) is 15.2. The standard InChI is InChI=1S/C14H17N3O3S/c1-8-14(3,4-5-20-8)16-10-6-11-13(21-9(2)15-11)7-12(10)17(18)19/h6-8,16H,4-5H2,1-3H3. The van der Waals surface area contributed by atoms with E-state index in [1.54, 1.807) is 12.1 Å². The Bertz CT molecular complexity index is 715. The maximum Gasteiger partial charge on any atom is 0.293 e. The van der Waals surface area contributed by atoms with E-state index in [2.05, 4.69) is 10.3 Å². The van der Waals surface area contributed by atoms with Gasteiger partial charge in [0.2, 0.25) is 0 Å². The molecule has 112 valence electrons. The molecule has 6 nitrogen and oxygen atoms in total. The average Bonchev–Trinajstić information content (AvgIpc) is 2.91. The molecule has 2 atom stereocenters. The third-order valence-electron chi connectivity index (χ3n) is 4.12. The molecule has 2 heterocycles. The van der Waals surface area contributed by atoms with Crippen molar-refractivity contribution < 1.29 is 9.66 Å². The molecule has 3 rings (SSSR count). The first-order chi connectivity index (χ1) is 9.89. The molecular weight excluding hydrogens is 290 g/mol. The summed E-state index contributed by atoms with van der Waals surface area (Å²) >= 11 is 1.47. The van der Waals surface area contributed by atoms with Gasteiger partial charge in [0.1, 0.15) is 5.69 Å². The quantitative estimate of drug-likeness (QED) is 0.693. The third-order valence-corrected chi connectivity index (χ3v) is 5.05. The van der Waals surface area contributed by atoms with Gasteiger partial charge < -0.3 is 10.1 Å². The molecule has 21 heavy (non-hydrogen) atoms. The number of hydrogen-bond donors (Lipinski definition) is 1. The summed E-state index contributed by atoms with van der Waals surface area (Å²) in [5, 5.41) is 15.6. The van der Waals surface area contributed by atoms with Crippen molar-refractivity contribution in [2.24, 2.45) is 0 Å². The van der Waals surface area contributed by atoms with Crippen LogP contribution in [0.3, 0.4) is 0 Å². The summed E-state index contributed by atoms with van der Waals surface area (Å²) in [6, 6.07) is 3.37. The number of nitro groups is 1. The summed E-state index contributed by atoms with van der Waals surface area (Å²) in [5.74, 6) is 0. The molecule has 1 aliphatic rings. The van der Waals surface area contributed by atoms with Gasteiger partial charge in [0.15, 0.2) is 0 Å². The van der Waals surface area contributed by atoms with Crippen LogP contribution in [0.1, 0.15) is 25.3 Å². The van der Waals surface area contributed by atoms with Crippen LogP contribution in [-0.2, 0) is 4.74 Å². The molecule has 0 aliphatic carbocycles. The monoisotopic (exact) mass is 307 g/mol. The predicted molar refractivity (Wildman–Crippen MR) is 83.1 cm³/mol. The predicted octanol–water partition coefficient (Wildman–Crippen LogP) is 3.49. The van der Waals surface area contributed by atoms with Gasteiger partial charge in [-0.25, -0.2) is 4.98 Å². The van der Waals surface area contributed by atoms with E-state index < -0.39 is 0 Å². The van der Waals surface area contributed by atoms with Crippen molar-refractivity contribution in [3.8, 4) is 0 Å². The van der Waals surface area contributed by atoms with Crippen LogP contribution in [0.4, 0.5) is 11.4 Å². The lowest BCUT2D eigenvalue weighted by molar-refractivity contribution is -0.383. The zero-order valence-electron chi connectivity index (χ0n) is 12.2. The highest BCUT2D eigenvalue weighted by Gasteiger charge is 2.38. The number of aryl methyl sites for hydroxylation is 1. The Kier molecular flexibility index (Phi) is 3.33. The summed E-state index contributed by atoms with van der Waals surface area (Å²) in [6.45, 7) is 6.58. The van der Waals surface area contributed by atoms with Crippen LogP contribution in [0.25, 0.3) is 10.2 Å². The zero-order valence-corrected chi connectivity index (χ0v) is 13.0. The molecule has 1 saturated heterocycles. The maximum atomic E-state index is 11.4. The van der Waals surface area contributed by atoms with Crippen LogP contribution in [-0.4, -0.2) is 28.2 Å². The van der Waals surface area contributed by atoms with Crippen molar-refractivity contribution in [1.29, 1.82) is 0 Å². The lowest BCUT2D eigenvalue weighted by Gasteiger charge is -2.29. The Morgan fingerprint density at radius 3 is 2.95 bits per heavy atom. The molecule has 1 fully saturated rings. The number of nitro benzene ring substituents is 1. The molecule has 2 unspecified atom stereocenters. The van der Waals surface area contributed by atoms with E-state index in [9.17, 15) is 10.1 Å². The molecule has 0 spiro atoms.